The SMILES string of the molecule is Cc1c(Cl)cccc1NC(=O)c1cc(-c2ccccc2)c(N2CCOCC2)s1. The molecule has 2 aromatic carbocycles. The van der Waals surface area contributed by atoms with E-state index in [0.717, 1.165) is 40.5 Å². The Balaban J connectivity index is 1.68. The van der Waals surface area contributed by atoms with Gasteiger partial charge in [-0.2, -0.15) is 0 Å². The normalized spacial score (nSPS) is 14.1. The summed E-state index contributed by atoms with van der Waals surface area (Å²) in [7, 11) is 0. The van der Waals surface area contributed by atoms with Gasteiger partial charge < -0.3 is 15.0 Å². The summed E-state index contributed by atoms with van der Waals surface area (Å²) in [6.07, 6.45) is 0. The number of carbonyl (C=O) groups excluding carboxylic acids is 1. The van der Waals surface area contributed by atoms with Crippen molar-refractivity contribution < 1.29 is 9.53 Å². The number of thiophene rings is 1. The fraction of sp³-hybridized carbons (Fsp3) is 0.227. The highest BCUT2D eigenvalue weighted by atomic mass is 35.5. The lowest BCUT2D eigenvalue weighted by Gasteiger charge is -2.28. The lowest BCUT2D eigenvalue weighted by molar-refractivity contribution is 0.103. The van der Waals surface area contributed by atoms with Gasteiger partial charge in [-0.05, 0) is 36.2 Å². The van der Waals surface area contributed by atoms with Crippen molar-refractivity contribution in [3.8, 4) is 11.1 Å². The van der Waals surface area contributed by atoms with Crippen molar-refractivity contribution in [3.63, 3.8) is 0 Å². The van der Waals surface area contributed by atoms with Crippen molar-refractivity contribution in [2.75, 3.05) is 36.5 Å². The molecule has 0 atom stereocenters. The van der Waals surface area contributed by atoms with E-state index in [4.69, 9.17) is 16.3 Å². The highest BCUT2D eigenvalue weighted by Gasteiger charge is 2.22. The molecule has 1 aliphatic rings. The summed E-state index contributed by atoms with van der Waals surface area (Å²) in [4.78, 5) is 16.0. The smallest absolute Gasteiger partial charge is 0.265 e. The number of ether oxygens (including phenoxy) is 1. The van der Waals surface area contributed by atoms with Gasteiger partial charge >= 0.3 is 0 Å². The lowest BCUT2D eigenvalue weighted by Crippen LogP contribution is -2.35. The number of nitrogens with one attached hydrogen (secondary N) is 1. The Morgan fingerprint density at radius 2 is 1.86 bits per heavy atom. The molecule has 1 amide bonds. The molecule has 0 unspecified atom stereocenters. The van der Waals surface area contributed by atoms with Crippen molar-refractivity contribution in [1.29, 1.82) is 0 Å². The van der Waals surface area contributed by atoms with E-state index >= 15 is 0 Å². The van der Waals surface area contributed by atoms with Crippen LogP contribution in [0.3, 0.4) is 0 Å². The Labute approximate surface area is 173 Å². The molecule has 28 heavy (non-hydrogen) atoms. The Hall–Kier alpha value is -2.34. The summed E-state index contributed by atoms with van der Waals surface area (Å²) in [6, 6.07) is 17.7. The van der Waals surface area contributed by atoms with Crippen LogP contribution in [-0.4, -0.2) is 32.2 Å². The second kappa shape index (κ2) is 8.35. The van der Waals surface area contributed by atoms with Gasteiger partial charge in [0.2, 0.25) is 0 Å². The molecule has 1 aromatic heterocycles. The van der Waals surface area contributed by atoms with Crippen LogP contribution in [0.1, 0.15) is 15.2 Å². The molecule has 0 radical (unpaired) electrons. The molecule has 0 spiro atoms. The highest BCUT2D eigenvalue weighted by Crippen LogP contribution is 2.39. The van der Waals surface area contributed by atoms with Gasteiger partial charge in [0.25, 0.3) is 5.91 Å². The Bertz CT molecular complexity index is 981. The summed E-state index contributed by atoms with van der Waals surface area (Å²) in [5.41, 5.74) is 3.80. The standard InChI is InChI=1S/C22H21ClN2O2S/c1-15-18(23)8-5-9-19(15)24-21(26)20-14-17(16-6-3-2-4-7-16)22(28-20)25-10-12-27-13-11-25/h2-9,14H,10-13H2,1H3,(H,24,26). The van der Waals surface area contributed by atoms with Gasteiger partial charge in [0.1, 0.15) is 0 Å². The lowest BCUT2D eigenvalue weighted by atomic mass is 10.1. The molecule has 3 aromatic rings. The van der Waals surface area contributed by atoms with Gasteiger partial charge in [-0.15, -0.1) is 11.3 Å². The Morgan fingerprint density at radius 1 is 1.11 bits per heavy atom. The van der Waals surface area contributed by atoms with Crippen molar-refractivity contribution in [2.24, 2.45) is 0 Å². The Kier molecular flexibility index (Phi) is 5.67. The highest BCUT2D eigenvalue weighted by molar-refractivity contribution is 7.18. The number of rotatable bonds is 4. The molecule has 0 aliphatic carbocycles. The van der Waals surface area contributed by atoms with Crippen LogP contribution in [0.25, 0.3) is 11.1 Å². The van der Waals surface area contributed by atoms with Crippen LogP contribution in [0.15, 0.2) is 54.6 Å². The van der Waals surface area contributed by atoms with Crippen LogP contribution in [0, 0.1) is 6.92 Å². The van der Waals surface area contributed by atoms with Gasteiger partial charge in [-0.1, -0.05) is 48.0 Å². The molecule has 2 heterocycles. The van der Waals surface area contributed by atoms with Gasteiger partial charge in [0.15, 0.2) is 0 Å². The third-order valence-corrected chi connectivity index (χ3v) is 6.44. The van der Waals surface area contributed by atoms with Crippen LogP contribution in [-0.2, 0) is 4.74 Å². The topological polar surface area (TPSA) is 41.6 Å². The zero-order chi connectivity index (χ0) is 19.5. The fourth-order valence-corrected chi connectivity index (χ4v) is 4.55. The molecule has 0 bridgehead atoms. The minimum Gasteiger partial charge on any atom is -0.378 e. The van der Waals surface area contributed by atoms with Gasteiger partial charge in [-0.25, -0.2) is 0 Å². The predicted molar refractivity (Wildman–Crippen MR) is 117 cm³/mol. The summed E-state index contributed by atoms with van der Waals surface area (Å²) >= 11 is 7.71. The van der Waals surface area contributed by atoms with E-state index in [0.29, 0.717) is 23.1 Å². The van der Waals surface area contributed by atoms with Crippen LogP contribution < -0.4 is 10.2 Å². The Morgan fingerprint density at radius 3 is 2.61 bits per heavy atom. The quantitative estimate of drug-likeness (QED) is 0.618. The second-order valence-corrected chi connectivity index (χ2v) is 8.10. The average Bonchev–Trinajstić information content (AvgIpc) is 3.18. The van der Waals surface area contributed by atoms with E-state index in [1.807, 2.05) is 49.4 Å². The zero-order valence-electron chi connectivity index (χ0n) is 15.6. The first-order chi connectivity index (χ1) is 13.6. The van der Waals surface area contributed by atoms with Gasteiger partial charge in [0.05, 0.1) is 23.1 Å². The molecule has 1 saturated heterocycles. The number of benzene rings is 2. The summed E-state index contributed by atoms with van der Waals surface area (Å²) < 4.78 is 5.50. The zero-order valence-corrected chi connectivity index (χ0v) is 17.1. The molecule has 1 N–H and O–H groups in total. The molecule has 4 nitrogen and oxygen atoms in total. The number of anilines is 2. The van der Waals surface area contributed by atoms with E-state index in [1.54, 1.807) is 0 Å². The molecule has 1 aliphatic heterocycles. The third kappa shape index (κ3) is 3.92. The molecular weight excluding hydrogens is 392 g/mol. The summed E-state index contributed by atoms with van der Waals surface area (Å²) in [5.74, 6) is -0.118. The monoisotopic (exact) mass is 412 g/mol. The first kappa shape index (κ1) is 19.0. The molecule has 0 saturated carbocycles. The van der Waals surface area contributed by atoms with Crippen LogP contribution in [0.4, 0.5) is 10.7 Å². The predicted octanol–water partition coefficient (Wildman–Crippen LogP) is 5.47. The van der Waals surface area contributed by atoms with Crippen molar-refractivity contribution in [1.82, 2.24) is 0 Å². The van der Waals surface area contributed by atoms with Crippen LogP contribution in [0.5, 0.6) is 0 Å². The largest absolute Gasteiger partial charge is 0.378 e. The molecule has 1 fully saturated rings. The van der Waals surface area contributed by atoms with E-state index in [1.165, 1.54) is 11.3 Å². The van der Waals surface area contributed by atoms with Gasteiger partial charge in [-0.3, -0.25) is 4.79 Å². The maximum absolute atomic E-state index is 13.0. The summed E-state index contributed by atoms with van der Waals surface area (Å²) in [5, 5.41) is 4.76. The van der Waals surface area contributed by atoms with Gasteiger partial charge in [0, 0.05) is 29.4 Å². The van der Waals surface area contributed by atoms with Crippen LogP contribution >= 0.6 is 22.9 Å². The van der Waals surface area contributed by atoms with Crippen molar-refractivity contribution >= 4 is 39.5 Å². The van der Waals surface area contributed by atoms with E-state index in [2.05, 4.69) is 22.3 Å². The molecule has 4 rings (SSSR count). The molecular formula is C22H21ClN2O2S. The van der Waals surface area contributed by atoms with Crippen molar-refractivity contribution in [2.45, 2.75) is 6.92 Å². The number of hydrogen-bond donors (Lipinski definition) is 1. The number of halogens is 1. The van der Waals surface area contributed by atoms with Crippen molar-refractivity contribution in [3.05, 3.63) is 70.1 Å². The number of nitrogens with zero attached hydrogens (tertiary/aromatic N) is 1. The van der Waals surface area contributed by atoms with Crippen LogP contribution in [0.2, 0.25) is 5.02 Å². The maximum atomic E-state index is 13.0. The average molecular weight is 413 g/mol. The first-order valence-electron chi connectivity index (χ1n) is 9.22. The summed E-state index contributed by atoms with van der Waals surface area (Å²) in [6.45, 7) is 4.97. The molecule has 6 heteroatoms. The third-order valence-electron chi connectivity index (χ3n) is 4.84. The number of amides is 1. The fourth-order valence-electron chi connectivity index (χ4n) is 3.25. The number of morpholine rings is 1. The minimum absolute atomic E-state index is 0.118. The first-order valence-corrected chi connectivity index (χ1v) is 10.4. The second-order valence-electron chi connectivity index (χ2n) is 6.66. The van der Waals surface area contributed by atoms with E-state index in [9.17, 15) is 4.79 Å². The minimum atomic E-state index is -0.118. The maximum Gasteiger partial charge on any atom is 0.265 e. The number of carbonyl (C=O) groups is 1. The van der Waals surface area contributed by atoms with E-state index < -0.39 is 0 Å². The van der Waals surface area contributed by atoms with E-state index in [-0.39, 0.29) is 5.91 Å². The number of hydrogen-bond acceptors (Lipinski definition) is 4. The molecule has 144 valence electrons.